The van der Waals surface area contributed by atoms with E-state index >= 15 is 0 Å². The van der Waals surface area contributed by atoms with Crippen molar-refractivity contribution in [3.8, 4) is 0 Å². The lowest BCUT2D eigenvalue weighted by Gasteiger charge is -2.03. The van der Waals surface area contributed by atoms with Crippen LogP contribution in [0.4, 0.5) is 0 Å². The van der Waals surface area contributed by atoms with Crippen LogP contribution in [0.5, 0.6) is 0 Å². The highest BCUT2D eigenvalue weighted by atomic mass is 35.5. The molecular formula is C12H17Cl2NOS. The molecule has 17 heavy (non-hydrogen) atoms. The van der Waals surface area contributed by atoms with Crippen LogP contribution in [-0.4, -0.2) is 18.9 Å². The van der Waals surface area contributed by atoms with E-state index in [0.29, 0.717) is 14.2 Å². The lowest BCUT2D eigenvalue weighted by Crippen LogP contribution is -2.16. The van der Waals surface area contributed by atoms with E-state index in [1.54, 1.807) is 6.07 Å². The summed E-state index contributed by atoms with van der Waals surface area (Å²) in [4.78, 5) is 12.5. The molecule has 0 saturated carbocycles. The first-order valence-corrected chi connectivity index (χ1v) is 7.37. The third-order valence-electron chi connectivity index (χ3n) is 2.32. The third kappa shape index (κ3) is 4.25. The summed E-state index contributed by atoms with van der Waals surface area (Å²) in [6.45, 7) is 5.94. The third-order valence-corrected chi connectivity index (χ3v) is 4.20. The first-order valence-electron chi connectivity index (χ1n) is 5.79. The summed E-state index contributed by atoms with van der Waals surface area (Å²) in [7, 11) is 0. The minimum Gasteiger partial charge on any atom is -0.316 e. The standard InChI is InChI=1S/C9H9Cl2NOS.C3H8/c10-6-3-7(14-9(6)11)8(13)5-1-2-12-4-5;1-3-2/h3,5,12H,1-2,4H2;3H2,1-2H3. The van der Waals surface area contributed by atoms with Gasteiger partial charge in [0.15, 0.2) is 5.78 Å². The summed E-state index contributed by atoms with van der Waals surface area (Å²) in [5.74, 6) is 0.259. The first kappa shape index (κ1) is 15.0. The van der Waals surface area contributed by atoms with Crippen molar-refractivity contribution in [2.45, 2.75) is 26.7 Å². The van der Waals surface area contributed by atoms with Crippen LogP contribution in [-0.2, 0) is 0 Å². The van der Waals surface area contributed by atoms with E-state index in [9.17, 15) is 4.79 Å². The van der Waals surface area contributed by atoms with Gasteiger partial charge in [-0.2, -0.15) is 0 Å². The van der Waals surface area contributed by atoms with Crippen molar-refractivity contribution < 1.29 is 4.79 Å². The molecule has 1 atom stereocenters. The molecular weight excluding hydrogens is 277 g/mol. The number of thiophene rings is 1. The van der Waals surface area contributed by atoms with Gasteiger partial charge >= 0.3 is 0 Å². The Labute approximate surface area is 116 Å². The molecule has 1 fully saturated rings. The Balaban J connectivity index is 0.000000437. The fraction of sp³-hybridized carbons (Fsp3) is 0.583. The smallest absolute Gasteiger partial charge is 0.177 e. The SMILES string of the molecule is CCC.O=C(c1cc(Cl)c(Cl)s1)C1CCNC1. The Bertz CT molecular complexity index is 353. The second-order valence-corrected chi connectivity index (χ2v) is 6.05. The molecule has 1 saturated heterocycles. The molecule has 0 amide bonds. The summed E-state index contributed by atoms with van der Waals surface area (Å²) < 4.78 is 0.501. The van der Waals surface area contributed by atoms with Crippen LogP contribution in [0.3, 0.4) is 0 Å². The van der Waals surface area contributed by atoms with Crippen LogP contribution in [0, 0.1) is 5.92 Å². The normalized spacial score (nSPS) is 18.7. The van der Waals surface area contributed by atoms with E-state index in [-0.39, 0.29) is 11.7 Å². The van der Waals surface area contributed by atoms with E-state index in [1.165, 1.54) is 17.8 Å². The zero-order chi connectivity index (χ0) is 12.8. The van der Waals surface area contributed by atoms with Crippen LogP contribution in [0.15, 0.2) is 6.07 Å². The van der Waals surface area contributed by atoms with Gasteiger partial charge < -0.3 is 5.32 Å². The fourth-order valence-corrected chi connectivity index (χ4v) is 2.93. The Morgan fingerprint density at radius 1 is 1.53 bits per heavy atom. The number of Topliss-reactive ketones (excluding diaryl/α,β-unsaturated/α-hetero) is 1. The van der Waals surface area contributed by atoms with Gasteiger partial charge in [-0.25, -0.2) is 0 Å². The van der Waals surface area contributed by atoms with Gasteiger partial charge in [-0.05, 0) is 19.0 Å². The number of ketones is 1. The van der Waals surface area contributed by atoms with Crippen LogP contribution >= 0.6 is 34.5 Å². The van der Waals surface area contributed by atoms with Crippen LogP contribution < -0.4 is 5.32 Å². The summed E-state index contributed by atoms with van der Waals surface area (Å²) in [5, 5.41) is 3.64. The highest BCUT2D eigenvalue weighted by molar-refractivity contribution is 7.18. The zero-order valence-electron chi connectivity index (χ0n) is 10.1. The van der Waals surface area contributed by atoms with Crippen LogP contribution in [0.2, 0.25) is 9.36 Å². The molecule has 2 nitrogen and oxygen atoms in total. The first-order chi connectivity index (χ1) is 8.10. The maximum atomic E-state index is 11.9. The number of hydrogen-bond donors (Lipinski definition) is 1. The van der Waals surface area contributed by atoms with Crippen LogP contribution in [0.1, 0.15) is 36.4 Å². The molecule has 1 aliphatic heterocycles. The highest BCUT2D eigenvalue weighted by Gasteiger charge is 2.25. The topological polar surface area (TPSA) is 29.1 Å². The number of rotatable bonds is 2. The zero-order valence-corrected chi connectivity index (χ0v) is 12.4. The molecule has 5 heteroatoms. The summed E-state index contributed by atoms with van der Waals surface area (Å²) >= 11 is 12.9. The van der Waals surface area contributed by atoms with Crippen molar-refractivity contribution >= 4 is 40.3 Å². The minimum atomic E-state index is 0.0979. The van der Waals surface area contributed by atoms with E-state index in [1.807, 2.05) is 0 Å². The number of carbonyl (C=O) groups excluding carboxylic acids is 1. The van der Waals surface area contributed by atoms with E-state index in [2.05, 4.69) is 19.2 Å². The predicted octanol–water partition coefficient (Wildman–Crippen LogP) is 4.26. The van der Waals surface area contributed by atoms with Crippen molar-refractivity contribution in [3.05, 3.63) is 20.3 Å². The van der Waals surface area contributed by atoms with Crippen molar-refractivity contribution in [2.75, 3.05) is 13.1 Å². The molecule has 1 N–H and O–H groups in total. The van der Waals surface area contributed by atoms with Crippen molar-refractivity contribution in [3.63, 3.8) is 0 Å². The maximum Gasteiger partial charge on any atom is 0.177 e. The van der Waals surface area contributed by atoms with Gasteiger partial charge in [-0.3, -0.25) is 4.79 Å². The molecule has 0 aliphatic carbocycles. The highest BCUT2D eigenvalue weighted by Crippen LogP contribution is 2.33. The molecule has 1 aromatic heterocycles. The van der Waals surface area contributed by atoms with E-state index in [4.69, 9.17) is 23.2 Å². The van der Waals surface area contributed by atoms with Crippen molar-refractivity contribution in [1.82, 2.24) is 5.32 Å². The van der Waals surface area contributed by atoms with Crippen LogP contribution in [0.25, 0.3) is 0 Å². The molecule has 1 unspecified atom stereocenters. The molecule has 1 aliphatic rings. The predicted molar refractivity (Wildman–Crippen MR) is 75.6 cm³/mol. The van der Waals surface area contributed by atoms with Gasteiger partial charge in [0.2, 0.25) is 0 Å². The minimum absolute atomic E-state index is 0.0979. The molecule has 96 valence electrons. The maximum absolute atomic E-state index is 11.9. The second kappa shape index (κ2) is 7.37. The average molecular weight is 294 g/mol. The number of hydrogen-bond acceptors (Lipinski definition) is 3. The Kier molecular flexibility index (Phi) is 6.49. The van der Waals surface area contributed by atoms with Crippen molar-refractivity contribution in [2.24, 2.45) is 5.92 Å². The number of nitrogens with one attached hydrogen (secondary N) is 1. The fourth-order valence-electron chi connectivity index (χ4n) is 1.55. The van der Waals surface area contributed by atoms with Gasteiger partial charge in [0.1, 0.15) is 4.34 Å². The lowest BCUT2D eigenvalue weighted by molar-refractivity contribution is 0.0934. The van der Waals surface area contributed by atoms with Gasteiger partial charge in [0.05, 0.1) is 9.90 Å². The molecule has 1 aromatic rings. The molecule has 0 aromatic carbocycles. The Hall–Kier alpha value is -0.0900. The average Bonchev–Trinajstić information content (AvgIpc) is 2.90. The Morgan fingerprint density at radius 2 is 2.18 bits per heavy atom. The molecule has 2 rings (SSSR count). The largest absolute Gasteiger partial charge is 0.316 e. The molecule has 0 bridgehead atoms. The molecule has 0 radical (unpaired) electrons. The van der Waals surface area contributed by atoms with E-state index < -0.39 is 0 Å². The Morgan fingerprint density at radius 3 is 2.59 bits per heavy atom. The van der Waals surface area contributed by atoms with E-state index in [0.717, 1.165) is 19.5 Å². The summed E-state index contributed by atoms with van der Waals surface area (Å²) in [6, 6.07) is 1.66. The quantitative estimate of drug-likeness (QED) is 0.826. The van der Waals surface area contributed by atoms with Gasteiger partial charge in [0, 0.05) is 12.5 Å². The number of halogens is 2. The summed E-state index contributed by atoms with van der Waals surface area (Å²) in [5.41, 5.74) is 0. The second-order valence-electron chi connectivity index (χ2n) is 3.99. The van der Waals surface area contributed by atoms with Gasteiger partial charge in [-0.15, -0.1) is 11.3 Å². The number of carbonyl (C=O) groups is 1. The summed E-state index contributed by atoms with van der Waals surface area (Å²) in [6.07, 6.45) is 2.16. The van der Waals surface area contributed by atoms with Gasteiger partial charge in [-0.1, -0.05) is 43.5 Å². The molecule has 0 spiro atoms. The lowest BCUT2D eigenvalue weighted by atomic mass is 10.0. The van der Waals surface area contributed by atoms with Crippen molar-refractivity contribution in [1.29, 1.82) is 0 Å². The monoisotopic (exact) mass is 293 g/mol. The van der Waals surface area contributed by atoms with Gasteiger partial charge in [0.25, 0.3) is 0 Å². The molecule has 2 heterocycles.